The molecule has 2 heterocycles. The lowest BCUT2D eigenvalue weighted by atomic mass is 9.44. The van der Waals surface area contributed by atoms with Crippen LogP contribution in [0.5, 0.6) is 0 Å². The predicted octanol–water partition coefficient (Wildman–Crippen LogP) is 6.34. The third-order valence-electron chi connectivity index (χ3n) is 15.2. The van der Waals surface area contributed by atoms with Gasteiger partial charge in [-0.1, -0.05) is 41.5 Å². The Bertz CT molecular complexity index is 1470. The SMILES string of the molecule is CCCC12OC3C[C@H]4C5CC[C@H]6C[C@H](OS(=O)(=O)O)[C@@H](OS(=O)(=O)O)C[C@]6(C)C5CC[C@]4(C)C3[C@](C)(O1)[C@@H](CC1(C(C)C)CC1C)O2. The van der Waals surface area contributed by atoms with Crippen LogP contribution < -0.4 is 0 Å². The molecule has 2 bridgehead atoms. The monoisotopic (exact) mass is 704 g/mol. The summed E-state index contributed by atoms with van der Waals surface area (Å²) in [5, 5.41) is 0. The van der Waals surface area contributed by atoms with E-state index in [-0.39, 0.29) is 59.0 Å². The van der Waals surface area contributed by atoms with Crippen LogP contribution >= 0.6 is 0 Å². The zero-order chi connectivity index (χ0) is 34.2. The average molecular weight is 705 g/mol. The first kappa shape index (κ1) is 35.0. The lowest BCUT2D eigenvalue weighted by molar-refractivity contribution is -0.403. The minimum Gasteiger partial charge on any atom is -0.324 e. The van der Waals surface area contributed by atoms with Crippen molar-refractivity contribution in [2.75, 3.05) is 0 Å². The van der Waals surface area contributed by atoms with Gasteiger partial charge in [0.2, 0.25) is 0 Å². The molecule has 7 rings (SSSR count). The van der Waals surface area contributed by atoms with Crippen LogP contribution in [0.25, 0.3) is 0 Å². The van der Waals surface area contributed by atoms with E-state index in [4.69, 9.17) is 22.6 Å². The van der Waals surface area contributed by atoms with Crippen LogP contribution in [0.15, 0.2) is 0 Å². The summed E-state index contributed by atoms with van der Waals surface area (Å²) in [5.74, 6) is 1.44. The molecule has 5 saturated carbocycles. The Hall–Kier alpha value is -0.380. The van der Waals surface area contributed by atoms with E-state index in [0.717, 1.165) is 44.9 Å². The van der Waals surface area contributed by atoms with Crippen LogP contribution in [0.4, 0.5) is 0 Å². The highest BCUT2D eigenvalue weighted by molar-refractivity contribution is 7.81. The van der Waals surface area contributed by atoms with Gasteiger partial charge >= 0.3 is 20.8 Å². The first-order valence-corrected chi connectivity index (χ1v) is 20.8. The van der Waals surface area contributed by atoms with E-state index in [9.17, 15) is 25.9 Å². The normalized spacial score (nSPS) is 53.7. The molecule has 7 aliphatic rings. The van der Waals surface area contributed by atoms with Gasteiger partial charge < -0.3 is 14.2 Å². The van der Waals surface area contributed by atoms with Crippen LogP contribution in [0, 0.1) is 57.7 Å². The molecule has 0 radical (unpaired) electrons. The number of hydrogen-bond acceptors (Lipinski definition) is 9. The van der Waals surface area contributed by atoms with Crippen LogP contribution in [0.3, 0.4) is 0 Å². The van der Waals surface area contributed by atoms with E-state index in [1.165, 1.54) is 6.42 Å². The Morgan fingerprint density at radius 1 is 0.872 bits per heavy atom. The Kier molecular flexibility index (Phi) is 8.25. The van der Waals surface area contributed by atoms with Gasteiger partial charge in [-0.15, -0.1) is 0 Å². The maximum absolute atomic E-state index is 11.9. The fourth-order valence-corrected chi connectivity index (χ4v) is 14.1. The van der Waals surface area contributed by atoms with Gasteiger partial charge in [0.15, 0.2) is 0 Å². The lowest BCUT2D eigenvalue weighted by Crippen LogP contribution is -2.61. The number of rotatable bonds is 9. The molecule has 2 aliphatic heterocycles. The maximum Gasteiger partial charge on any atom is 0.397 e. The average Bonchev–Trinajstić information content (AvgIpc) is 3.39. The second-order valence-corrected chi connectivity index (χ2v) is 19.8. The van der Waals surface area contributed by atoms with E-state index in [2.05, 4.69) is 48.5 Å². The molecule has 2 N–H and O–H groups in total. The van der Waals surface area contributed by atoms with E-state index in [1.807, 2.05) is 0 Å². The second-order valence-electron chi connectivity index (χ2n) is 17.7. The molecule has 13 heteroatoms. The van der Waals surface area contributed by atoms with E-state index in [0.29, 0.717) is 30.1 Å². The Morgan fingerprint density at radius 3 is 2.13 bits per heavy atom. The van der Waals surface area contributed by atoms with Gasteiger partial charge in [-0.3, -0.25) is 9.11 Å². The zero-order valence-corrected chi connectivity index (χ0v) is 30.6. The Morgan fingerprint density at radius 2 is 1.53 bits per heavy atom. The zero-order valence-electron chi connectivity index (χ0n) is 29.0. The topological polar surface area (TPSA) is 155 Å². The molecular formula is C34H56O11S2. The minimum atomic E-state index is -4.89. The Labute approximate surface area is 281 Å². The lowest BCUT2D eigenvalue weighted by Gasteiger charge is -2.62. The fraction of sp³-hybridized carbons (Fsp3) is 1.00. The molecule has 5 aliphatic carbocycles. The van der Waals surface area contributed by atoms with Gasteiger partial charge in [0.1, 0.15) is 17.8 Å². The van der Waals surface area contributed by atoms with Crippen molar-refractivity contribution in [3.8, 4) is 0 Å². The molecule has 0 spiro atoms. The molecule has 0 amide bonds. The van der Waals surface area contributed by atoms with E-state index in [1.54, 1.807) is 0 Å². The summed E-state index contributed by atoms with van der Waals surface area (Å²) in [6.07, 6.45) is 6.38. The molecule has 270 valence electrons. The molecule has 0 aromatic rings. The second kappa shape index (κ2) is 11.1. The van der Waals surface area contributed by atoms with Crippen LogP contribution in [-0.4, -0.2) is 61.9 Å². The standard InChI is InChI=1S/C34H56O11S2/c1-8-12-34-41-26-15-24-22-10-9-21-14-25(43-46(35,36)37)27(44-47(38,39)40)17-31(21,6)23(22)11-13-30(24,5)29(26)32(7,45-34)28(42-34)18-33(19(2)3)16-20(33)4/h19-29H,8-18H2,1-7H3,(H,35,36,37)(H,38,39,40)/t20?,21-,22?,23?,24-,25-,26?,27-,28+,29?,30-,31-,32+,33?,34?/m0/s1. The van der Waals surface area contributed by atoms with E-state index < -0.39 is 44.6 Å². The molecule has 7 unspecified atom stereocenters. The van der Waals surface area contributed by atoms with Gasteiger partial charge in [0.25, 0.3) is 5.97 Å². The van der Waals surface area contributed by atoms with Crippen molar-refractivity contribution in [2.45, 2.75) is 155 Å². The van der Waals surface area contributed by atoms with E-state index >= 15 is 0 Å². The maximum atomic E-state index is 11.9. The quantitative estimate of drug-likeness (QED) is 0.258. The number of ether oxygens (including phenoxy) is 3. The summed E-state index contributed by atoms with van der Waals surface area (Å²) in [5.41, 5.74) is -0.615. The minimum absolute atomic E-state index is 0.0192. The largest absolute Gasteiger partial charge is 0.397 e. The smallest absolute Gasteiger partial charge is 0.324 e. The number of hydrogen-bond donors (Lipinski definition) is 2. The highest BCUT2D eigenvalue weighted by Gasteiger charge is 2.75. The van der Waals surface area contributed by atoms with Crippen molar-refractivity contribution in [2.24, 2.45) is 57.7 Å². The summed E-state index contributed by atoms with van der Waals surface area (Å²) >= 11 is 0. The molecular weight excluding hydrogens is 648 g/mol. The summed E-state index contributed by atoms with van der Waals surface area (Å²) in [6.45, 7) is 16.1. The van der Waals surface area contributed by atoms with Crippen molar-refractivity contribution in [1.29, 1.82) is 0 Å². The molecule has 11 nitrogen and oxygen atoms in total. The highest BCUT2D eigenvalue weighted by Crippen LogP contribution is 2.73. The first-order valence-electron chi connectivity index (χ1n) is 18.1. The van der Waals surface area contributed by atoms with Crippen molar-refractivity contribution >= 4 is 20.8 Å². The van der Waals surface area contributed by atoms with Gasteiger partial charge in [-0.2, -0.15) is 16.8 Å². The Balaban J connectivity index is 1.19. The first-order chi connectivity index (χ1) is 21.7. The van der Waals surface area contributed by atoms with Crippen molar-refractivity contribution in [3.63, 3.8) is 0 Å². The predicted molar refractivity (Wildman–Crippen MR) is 171 cm³/mol. The van der Waals surface area contributed by atoms with Crippen LogP contribution in [-0.2, 0) is 43.4 Å². The van der Waals surface area contributed by atoms with Crippen molar-refractivity contribution in [1.82, 2.24) is 0 Å². The third kappa shape index (κ3) is 5.50. The van der Waals surface area contributed by atoms with Crippen molar-refractivity contribution < 1.29 is 48.5 Å². The van der Waals surface area contributed by atoms with Gasteiger partial charge in [-0.25, -0.2) is 8.37 Å². The van der Waals surface area contributed by atoms with Gasteiger partial charge in [-0.05, 0) is 123 Å². The molecule has 0 aromatic carbocycles. The van der Waals surface area contributed by atoms with Gasteiger partial charge in [0.05, 0.1) is 12.2 Å². The highest BCUT2D eigenvalue weighted by atomic mass is 32.3. The summed E-state index contributed by atoms with van der Waals surface area (Å²) in [6, 6.07) is 0. The fourth-order valence-electron chi connectivity index (χ4n) is 13.1. The van der Waals surface area contributed by atoms with Crippen molar-refractivity contribution in [3.05, 3.63) is 0 Å². The van der Waals surface area contributed by atoms with Crippen LogP contribution in [0.1, 0.15) is 119 Å². The third-order valence-corrected chi connectivity index (χ3v) is 16.2. The molecule has 15 atom stereocenters. The molecule has 7 fully saturated rings. The summed E-state index contributed by atoms with van der Waals surface area (Å²) in [4.78, 5) is 0. The summed E-state index contributed by atoms with van der Waals surface area (Å²) in [7, 11) is -9.75. The van der Waals surface area contributed by atoms with Gasteiger partial charge in [0, 0.05) is 12.3 Å². The summed E-state index contributed by atoms with van der Waals surface area (Å²) < 4.78 is 97.2. The van der Waals surface area contributed by atoms with Crippen LogP contribution in [0.2, 0.25) is 0 Å². The molecule has 0 aromatic heterocycles. The molecule has 47 heavy (non-hydrogen) atoms. The number of fused-ring (bicyclic) bond motifs is 10. The molecule has 2 saturated heterocycles.